The van der Waals surface area contributed by atoms with E-state index in [9.17, 15) is 4.79 Å². The van der Waals surface area contributed by atoms with Crippen LogP contribution in [-0.4, -0.2) is 30.4 Å². The number of amides is 1. The molecule has 3 nitrogen and oxygen atoms in total. The predicted octanol–water partition coefficient (Wildman–Crippen LogP) is 2.74. The van der Waals surface area contributed by atoms with Gasteiger partial charge in [0.2, 0.25) is 5.91 Å². The molecule has 1 aromatic rings. The first-order chi connectivity index (χ1) is 9.29. The minimum absolute atomic E-state index is 0.123. The third kappa shape index (κ3) is 4.35. The molecule has 0 bridgehead atoms. The second-order valence-electron chi connectivity index (χ2n) is 5.29. The number of nitrogens with one attached hydrogen (secondary N) is 1. The second kappa shape index (κ2) is 7.29. The smallest absolute Gasteiger partial charge is 0.220 e. The summed E-state index contributed by atoms with van der Waals surface area (Å²) in [5.41, 5.74) is 1.21. The van der Waals surface area contributed by atoms with Gasteiger partial charge in [0, 0.05) is 13.0 Å². The lowest BCUT2D eigenvalue weighted by molar-refractivity contribution is -0.122. The molecule has 0 aromatic heterocycles. The van der Waals surface area contributed by atoms with Crippen molar-refractivity contribution in [1.29, 1.82) is 0 Å². The molecule has 1 aromatic carbocycles. The molecule has 1 unspecified atom stereocenters. The zero-order valence-corrected chi connectivity index (χ0v) is 11.8. The van der Waals surface area contributed by atoms with Crippen molar-refractivity contribution in [3.05, 3.63) is 35.9 Å². The first kappa shape index (κ1) is 14.1. The van der Waals surface area contributed by atoms with E-state index < -0.39 is 0 Å². The summed E-state index contributed by atoms with van der Waals surface area (Å²) in [5, 5.41) is 3.18. The summed E-state index contributed by atoms with van der Waals surface area (Å²) in [7, 11) is 0. The van der Waals surface area contributed by atoms with Crippen molar-refractivity contribution in [2.24, 2.45) is 0 Å². The monoisotopic (exact) mass is 260 g/mol. The molecule has 3 heteroatoms. The number of carbonyl (C=O) groups is 1. The Morgan fingerprint density at radius 1 is 1.26 bits per heavy atom. The maximum absolute atomic E-state index is 11.9. The Morgan fingerprint density at radius 2 is 1.95 bits per heavy atom. The number of nitrogens with zero attached hydrogens (tertiary/aromatic N) is 1. The molecular formula is C16H24N2O. The third-order valence-electron chi connectivity index (χ3n) is 3.65. The van der Waals surface area contributed by atoms with Gasteiger partial charge in [-0.05, 0) is 37.9 Å². The fourth-order valence-electron chi connectivity index (χ4n) is 2.64. The molecule has 1 amide bonds. The molecule has 1 saturated heterocycles. The summed E-state index contributed by atoms with van der Waals surface area (Å²) in [6, 6.07) is 10.4. The molecule has 0 radical (unpaired) electrons. The molecule has 0 spiro atoms. The van der Waals surface area contributed by atoms with E-state index in [1.54, 1.807) is 0 Å². The molecule has 1 aliphatic rings. The van der Waals surface area contributed by atoms with Gasteiger partial charge in [0.1, 0.15) is 0 Å². The van der Waals surface area contributed by atoms with Crippen LogP contribution in [-0.2, 0) is 4.79 Å². The maximum Gasteiger partial charge on any atom is 0.220 e. The highest BCUT2D eigenvalue weighted by Crippen LogP contribution is 2.17. The van der Waals surface area contributed by atoms with E-state index in [2.05, 4.69) is 22.3 Å². The summed E-state index contributed by atoms with van der Waals surface area (Å²) in [6.45, 7) is 5.29. The van der Waals surface area contributed by atoms with Crippen LogP contribution in [0.5, 0.6) is 0 Å². The van der Waals surface area contributed by atoms with Crippen LogP contribution in [0.1, 0.15) is 44.2 Å². The lowest BCUT2D eigenvalue weighted by Gasteiger charge is -2.25. The van der Waals surface area contributed by atoms with Crippen molar-refractivity contribution in [1.82, 2.24) is 10.2 Å². The maximum atomic E-state index is 11.9. The van der Waals surface area contributed by atoms with Gasteiger partial charge < -0.3 is 10.2 Å². The SMILES string of the molecule is CCCC(=O)NC(CN1CCCC1)c1ccccc1. The highest BCUT2D eigenvalue weighted by Gasteiger charge is 2.20. The Hall–Kier alpha value is -1.35. The summed E-state index contributed by atoms with van der Waals surface area (Å²) < 4.78 is 0. The van der Waals surface area contributed by atoms with E-state index in [0.717, 1.165) is 26.1 Å². The molecule has 1 aliphatic heterocycles. The van der Waals surface area contributed by atoms with Crippen LogP contribution >= 0.6 is 0 Å². The van der Waals surface area contributed by atoms with Crippen molar-refractivity contribution >= 4 is 5.91 Å². The zero-order valence-electron chi connectivity index (χ0n) is 11.8. The minimum Gasteiger partial charge on any atom is -0.348 e. The normalized spacial score (nSPS) is 17.3. The van der Waals surface area contributed by atoms with Gasteiger partial charge in [0.15, 0.2) is 0 Å². The highest BCUT2D eigenvalue weighted by molar-refractivity contribution is 5.76. The van der Waals surface area contributed by atoms with Crippen molar-refractivity contribution in [2.45, 2.75) is 38.6 Å². The van der Waals surface area contributed by atoms with Crippen LogP contribution < -0.4 is 5.32 Å². The van der Waals surface area contributed by atoms with Crippen LogP contribution in [0, 0.1) is 0 Å². The molecule has 19 heavy (non-hydrogen) atoms. The second-order valence-corrected chi connectivity index (χ2v) is 5.29. The molecular weight excluding hydrogens is 236 g/mol. The average molecular weight is 260 g/mol. The highest BCUT2D eigenvalue weighted by atomic mass is 16.1. The lowest BCUT2D eigenvalue weighted by atomic mass is 10.1. The van der Waals surface area contributed by atoms with Crippen LogP contribution in [0.15, 0.2) is 30.3 Å². The standard InChI is InChI=1S/C16H24N2O/c1-2-8-16(19)17-15(13-18-11-6-7-12-18)14-9-4-3-5-10-14/h3-5,9-10,15H,2,6-8,11-13H2,1H3,(H,17,19). The van der Waals surface area contributed by atoms with Crippen molar-refractivity contribution in [3.63, 3.8) is 0 Å². The Kier molecular flexibility index (Phi) is 5.40. The van der Waals surface area contributed by atoms with Crippen molar-refractivity contribution in [3.8, 4) is 0 Å². The summed E-state index contributed by atoms with van der Waals surface area (Å²) in [4.78, 5) is 14.3. The van der Waals surface area contributed by atoms with Crippen LogP contribution in [0.25, 0.3) is 0 Å². The van der Waals surface area contributed by atoms with Gasteiger partial charge in [-0.15, -0.1) is 0 Å². The number of likely N-dealkylation sites (tertiary alicyclic amines) is 1. The molecule has 1 fully saturated rings. The number of hydrogen-bond donors (Lipinski definition) is 1. The zero-order chi connectivity index (χ0) is 13.5. The van der Waals surface area contributed by atoms with Crippen LogP contribution in [0.2, 0.25) is 0 Å². The number of carbonyl (C=O) groups excluding carboxylic acids is 1. The van der Waals surface area contributed by atoms with Gasteiger partial charge in [0.25, 0.3) is 0 Å². The van der Waals surface area contributed by atoms with Gasteiger partial charge in [-0.25, -0.2) is 0 Å². The van der Waals surface area contributed by atoms with Crippen LogP contribution in [0.4, 0.5) is 0 Å². The van der Waals surface area contributed by atoms with E-state index in [-0.39, 0.29) is 11.9 Å². The molecule has 1 atom stereocenters. The van der Waals surface area contributed by atoms with Gasteiger partial charge in [-0.1, -0.05) is 37.3 Å². The Morgan fingerprint density at radius 3 is 2.58 bits per heavy atom. The number of rotatable bonds is 6. The Bertz CT molecular complexity index is 385. The first-order valence-electron chi connectivity index (χ1n) is 7.36. The van der Waals surface area contributed by atoms with E-state index >= 15 is 0 Å². The molecule has 0 aliphatic carbocycles. The minimum atomic E-state index is 0.123. The molecule has 104 valence electrons. The largest absolute Gasteiger partial charge is 0.348 e. The topological polar surface area (TPSA) is 32.3 Å². The predicted molar refractivity (Wildman–Crippen MR) is 77.9 cm³/mol. The molecule has 1 N–H and O–H groups in total. The van der Waals surface area contributed by atoms with E-state index in [0.29, 0.717) is 6.42 Å². The van der Waals surface area contributed by atoms with Crippen molar-refractivity contribution in [2.75, 3.05) is 19.6 Å². The number of benzene rings is 1. The Balaban J connectivity index is 2.01. The average Bonchev–Trinajstić information content (AvgIpc) is 2.92. The van der Waals surface area contributed by atoms with E-state index in [1.807, 2.05) is 25.1 Å². The fourth-order valence-corrected chi connectivity index (χ4v) is 2.64. The third-order valence-corrected chi connectivity index (χ3v) is 3.65. The lowest BCUT2D eigenvalue weighted by Crippen LogP contribution is -2.36. The summed E-state index contributed by atoms with van der Waals surface area (Å²) in [6.07, 6.45) is 4.08. The molecule has 2 rings (SSSR count). The molecule has 1 heterocycles. The molecule has 0 saturated carbocycles. The van der Waals surface area contributed by atoms with Crippen molar-refractivity contribution < 1.29 is 4.79 Å². The van der Waals surface area contributed by atoms with Gasteiger partial charge in [0.05, 0.1) is 6.04 Å². The van der Waals surface area contributed by atoms with Gasteiger partial charge in [-0.2, -0.15) is 0 Å². The summed E-state index contributed by atoms with van der Waals surface area (Å²) >= 11 is 0. The quantitative estimate of drug-likeness (QED) is 0.853. The van der Waals surface area contributed by atoms with Crippen LogP contribution in [0.3, 0.4) is 0 Å². The van der Waals surface area contributed by atoms with E-state index in [1.165, 1.54) is 18.4 Å². The van der Waals surface area contributed by atoms with Gasteiger partial charge >= 0.3 is 0 Å². The first-order valence-corrected chi connectivity index (χ1v) is 7.36. The fraction of sp³-hybridized carbons (Fsp3) is 0.562. The van der Waals surface area contributed by atoms with E-state index in [4.69, 9.17) is 0 Å². The summed E-state index contributed by atoms with van der Waals surface area (Å²) in [5.74, 6) is 0.163. The Labute approximate surface area is 116 Å². The van der Waals surface area contributed by atoms with Gasteiger partial charge in [-0.3, -0.25) is 4.79 Å². The number of hydrogen-bond acceptors (Lipinski definition) is 2.